The Labute approximate surface area is 116 Å². The second-order valence-corrected chi connectivity index (χ2v) is 6.85. The maximum absolute atomic E-state index is 6.03. The number of hydrogen-bond acceptors (Lipinski definition) is 2. The molecule has 0 aromatic carbocycles. The molecule has 1 nitrogen and oxygen atoms in total. The first-order chi connectivity index (χ1) is 8.34. The molecule has 0 amide bonds. The van der Waals surface area contributed by atoms with Gasteiger partial charge in [0, 0.05) is 17.4 Å². The molecule has 2 aliphatic rings. The first-order valence-corrected chi connectivity index (χ1v) is 8.59. The van der Waals surface area contributed by atoms with Crippen LogP contribution in [0.3, 0.4) is 0 Å². The molecule has 3 heteroatoms. The van der Waals surface area contributed by atoms with Crippen molar-refractivity contribution in [3.63, 3.8) is 0 Å². The molecule has 1 aliphatic heterocycles. The van der Waals surface area contributed by atoms with Crippen LogP contribution in [0.1, 0.15) is 31.2 Å². The van der Waals surface area contributed by atoms with E-state index in [2.05, 4.69) is 32.8 Å². The lowest BCUT2D eigenvalue weighted by molar-refractivity contribution is 0.0378. The third-order valence-corrected chi connectivity index (χ3v) is 6.16. The molecule has 1 saturated heterocycles. The Morgan fingerprint density at radius 1 is 1.47 bits per heavy atom. The van der Waals surface area contributed by atoms with E-state index >= 15 is 0 Å². The lowest BCUT2D eigenvalue weighted by atomic mass is 9.76. The Morgan fingerprint density at radius 3 is 3.00 bits per heavy atom. The summed E-state index contributed by atoms with van der Waals surface area (Å²) in [6.07, 6.45) is 7.03. The second kappa shape index (κ2) is 5.02. The predicted molar refractivity (Wildman–Crippen MR) is 75.9 cm³/mol. The van der Waals surface area contributed by atoms with Crippen molar-refractivity contribution in [2.24, 2.45) is 11.3 Å². The molecule has 1 aromatic heterocycles. The van der Waals surface area contributed by atoms with E-state index in [0.29, 0.717) is 11.5 Å². The van der Waals surface area contributed by atoms with Gasteiger partial charge in [-0.1, -0.05) is 15.9 Å². The standard InChI is InChI=1S/C14H19BrOS/c15-10-14(5-3-11-4-8-17-9-11)6-7-16-13(14)12-1-2-12/h4,8-9,12-13H,1-3,5-7,10H2. The van der Waals surface area contributed by atoms with E-state index in [4.69, 9.17) is 4.74 Å². The minimum atomic E-state index is 0.406. The summed E-state index contributed by atoms with van der Waals surface area (Å²) in [5, 5.41) is 5.56. The number of ether oxygens (including phenoxy) is 1. The van der Waals surface area contributed by atoms with Gasteiger partial charge in [0.05, 0.1) is 6.10 Å². The largest absolute Gasteiger partial charge is 0.377 e. The Balaban J connectivity index is 1.68. The molecule has 3 rings (SSSR count). The van der Waals surface area contributed by atoms with E-state index in [1.807, 2.05) is 0 Å². The first kappa shape index (κ1) is 12.2. The van der Waals surface area contributed by atoms with Gasteiger partial charge in [-0.25, -0.2) is 0 Å². The number of thiophene rings is 1. The summed E-state index contributed by atoms with van der Waals surface area (Å²) in [6, 6.07) is 2.26. The third kappa shape index (κ3) is 2.47. The normalized spacial score (nSPS) is 33.1. The SMILES string of the molecule is BrCC1(CCc2ccsc2)CCOC1C1CC1. The maximum Gasteiger partial charge on any atom is 0.0668 e. The average Bonchev–Trinajstić information content (AvgIpc) is 2.92. The van der Waals surface area contributed by atoms with E-state index in [1.54, 1.807) is 11.3 Å². The topological polar surface area (TPSA) is 9.23 Å². The van der Waals surface area contributed by atoms with E-state index in [-0.39, 0.29) is 0 Å². The zero-order chi connectivity index (χ0) is 11.7. The molecule has 94 valence electrons. The van der Waals surface area contributed by atoms with Crippen LogP contribution in [0.5, 0.6) is 0 Å². The van der Waals surface area contributed by atoms with Crippen LogP contribution in [0.4, 0.5) is 0 Å². The van der Waals surface area contributed by atoms with E-state index in [0.717, 1.165) is 17.9 Å². The van der Waals surface area contributed by atoms with Crippen LogP contribution in [-0.4, -0.2) is 18.0 Å². The van der Waals surface area contributed by atoms with Gasteiger partial charge in [-0.05, 0) is 60.4 Å². The van der Waals surface area contributed by atoms with Crippen molar-refractivity contribution in [1.29, 1.82) is 0 Å². The smallest absolute Gasteiger partial charge is 0.0668 e. The van der Waals surface area contributed by atoms with Crippen molar-refractivity contribution >= 4 is 27.3 Å². The highest BCUT2D eigenvalue weighted by Gasteiger charge is 2.49. The molecular weight excluding hydrogens is 296 g/mol. The summed E-state index contributed by atoms with van der Waals surface area (Å²) in [7, 11) is 0. The number of rotatable bonds is 5. The van der Waals surface area contributed by atoms with E-state index < -0.39 is 0 Å². The van der Waals surface area contributed by atoms with Crippen molar-refractivity contribution in [2.45, 2.75) is 38.2 Å². The Bertz CT molecular complexity index is 360. The van der Waals surface area contributed by atoms with Gasteiger partial charge in [-0.3, -0.25) is 0 Å². The summed E-state index contributed by atoms with van der Waals surface area (Å²) in [4.78, 5) is 0. The Morgan fingerprint density at radius 2 is 2.35 bits per heavy atom. The van der Waals surface area contributed by atoms with Gasteiger partial charge in [-0.15, -0.1) is 0 Å². The molecule has 2 unspecified atom stereocenters. The fourth-order valence-electron chi connectivity index (χ4n) is 3.05. The third-order valence-electron chi connectivity index (χ3n) is 4.31. The summed E-state index contributed by atoms with van der Waals surface area (Å²) in [5.41, 5.74) is 1.90. The summed E-state index contributed by atoms with van der Waals surface area (Å²) < 4.78 is 6.03. The Hall–Kier alpha value is 0.140. The summed E-state index contributed by atoms with van der Waals surface area (Å²) in [5.74, 6) is 0.859. The summed E-state index contributed by atoms with van der Waals surface area (Å²) >= 11 is 5.56. The van der Waals surface area contributed by atoms with Crippen molar-refractivity contribution in [3.8, 4) is 0 Å². The molecule has 17 heavy (non-hydrogen) atoms. The van der Waals surface area contributed by atoms with Gasteiger partial charge in [0.15, 0.2) is 0 Å². The van der Waals surface area contributed by atoms with Gasteiger partial charge < -0.3 is 4.74 Å². The van der Waals surface area contributed by atoms with Gasteiger partial charge in [-0.2, -0.15) is 11.3 Å². The van der Waals surface area contributed by atoms with Crippen LogP contribution in [0.25, 0.3) is 0 Å². The van der Waals surface area contributed by atoms with Crippen LogP contribution < -0.4 is 0 Å². The fraction of sp³-hybridized carbons (Fsp3) is 0.714. The molecule has 1 saturated carbocycles. The predicted octanol–water partition coefficient (Wildman–Crippen LogP) is 4.26. The van der Waals surface area contributed by atoms with Crippen LogP contribution in [0, 0.1) is 11.3 Å². The molecule has 2 atom stereocenters. The van der Waals surface area contributed by atoms with Gasteiger partial charge in [0.1, 0.15) is 0 Å². The average molecular weight is 315 g/mol. The highest BCUT2D eigenvalue weighted by atomic mass is 79.9. The summed E-state index contributed by atoms with van der Waals surface area (Å²) in [6.45, 7) is 0.969. The highest BCUT2D eigenvalue weighted by molar-refractivity contribution is 9.09. The quantitative estimate of drug-likeness (QED) is 0.738. The number of alkyl halides is 1. The zero-order valence-corrected chi connectivity index (χ0v) is 12.4. The molecule has 0 N–H and O–H groups in total. The Kier molecular flexibility index (Phi) is 3.60. The van der Waals surface area contributed by atoms with Gasteiger partial charge in [0.25, 0.3) is 0 Å². The second-order valence-electron chi connectivity index (χ2n) is 5.51. The van der Waals surface area contributed by atoms with Crippen LogP contribution >= 0.6 is 27.3 Å². The van der Waals surface area contributed by atoms with Crippen LogP contribution in [0.2, 0.25) is 0 Å². The van der Waals surface area contributed by atoms with Gasteiger partial charge in [0.2, 0.25) is 0 Å². The van der Waals surface area contributed by atoms with Crippen molar-refractivity contribution in [3.05, 3.63) is 22.4 Å². The lowest BCUT2D eigenvalue weighted by Crippen LogP contribution is -2.34. The van der Waals surface area contributed by atoms with Gasteiger partial charge >= 0.3 is 0 Å². The molecule has 1 aliphatic carbocycles. The number of halogens is 1. The molecule has 1 aromatic rings. The minimum Gasteiger partial charge on any atom is -0.377 e. The monoisotopic (exact) mass is 314 g/mol. The lowest BCUT2D eigenvalue weighted by Gasteiger charge is -2.32. The maximum atomic E-state index is 6.03. The molecular formula is C14H19BrOS. The molecule has 0 bridgehead atoms. The molecule has 2 fully saturated rings. The van der Waals surface area contributed by atoms with Crippen LogP contribution in [0.15, 0.2) is 16.8 Å². The minimum absolute atomic E-state index is 0.406. The molecule has 0 spiro atoms. The zero-order valence-electron chi connectivity index (χ0n) is 10.0. The van der Waals surface area contributed by atoms with Crippen molar-refractivity contribution < 1.29 is 4.74 Å². The van der Waals surface area contributed by atoms with E-state index in [9.17, 15) is 0 Å². The molecule has 0 radical (unpaired) electrons. The molecule has 2 heterocycles. The number of aryl methyl sites for hydroxylation is 1. The van der Waals surface area contributed by atoms with Crippen molar-refractivity contribution in [1.82, 2.24) is 0 Å². The van der Waals surface area contributed by atoms with Crippen LogP contribution in [-0.2, 0) is 11.2 Å². The fourth-order valence-corrected chi connectivity index (χ4v) is 4.63. The number of hydrogen-bond donors (Lipinski definition) is 0. The van der Waals surface area contributed by atoms with Crippen molar-refractivity contribution in [2.75, 3.05) is 11.9 Å². The van der Waals surface area contributed by atoms with E-state index in [1.165, 1.54) is 37.7 Å². The first-order valence-electron chi connectivity index (χ1n) is 6.53. The highest BCUT2D eigenvalue weighted by Crippen LogP contribution is 2.50.